The Morgan fingerprint density at radius 3 is 1.68 bits per heavy atom. The molecule has 4 atom stereocenters. The van der Waals surface area contributed by atoms with Crippen LogP contribution in [0.15, 0.2) is 84.9 Å². The summed E-state index contributed by atoms with van der Waals surface area (Å²) in [6.45, 7) is 4.01. The molecule has 0 aliphatic heterocycles. The predicted octanol–water partition coefficient (Wildman–Crippen LogP) is 8.97. The van der Waals surface area contributed by atoms with E-state index in [1.54, 1.807) is 62.4 Å². The van der Waals surface area contributed by atoms with Gasteiger partial charge in [-0.1, -0.05) is 90.3 Å². The van der Waals surface area contributed by atoms with E-state index in [0.29, 0.717) is 69.4 Å². The van der Waals surface area contributed by atoms with Crippen LogP contribution in [-0.4, -0.2) is 89.1 Å². The minimum Gasteiger partial charge on any atom is -0.504 e. The van der Waals surface area contributed by atoms with Crippen LogP contribution in [0.3, 0.4) is 0 Å². The Labute approximate surface area is 398 Å². The summed E-state index contributed by atoms with van der Waals surface area (Å²) < 4.78 is 0. The van der Waals surface area contributed by atoms with E-state index in [4.69, 9.17) is 34.8 Å². The van der Waals surface area contributed by atoms with Crippen molar-refractivity contribution >= 4 is 46.4 Å². The van der Waals surface area contributed by atoms with Crippen LogP contribution in [0.5, 0.6) is 34.5 Å². The maximum absolute atomic E-state index is 12.8. The number of hydrogen-bond donors (Lipinski definition) is 10. The molecule has 354 valence electrons. The Balaban J connectivity index is 0.000000192. The van der Waals surface area contributed by atoms with Crippen molar-refractivity contribution in [2.75, 3.05) is 26.4 Å². The molecule has 15 heteroatoms. The zero-order valence-electron chi connectivity index (χ0n) is 36.9. The molecule has 12 nitrogen and oxygen atoms in total. The number of aromatic hydroxyl groups is 6. The summed E-state index contributed by atoms with van der Waals surface area (Å²) in [6.07, 6.45) is 2.63. The van der Waals surface area contributed by atoms with Crippen LogP contribution in [0.2, 0.25) is 15.1 Å². The number of rotatable bonds is 12. The number of carbonyl (C=O) groups excluding carboxylic acids is 2. The highest BCUT2D eigenvalue weighted by Crippen LogP contribution is 2.55. The van der Waals surface area contributed by atoms with Crippen molar-refractivity contribution < 1.29 is 60.7 Å². The van der Waals surface area contributed by atoms with Gasteiger partial charge in [-0.2, -0.15) is 0 Å². The maximum atomic E-state index is 12.8. The fourth-order valence-electron chi connectivity index (χ4n) is 9.90. The number of fused-ring (bicyclic) bond motifs is 1. The number of phenols is 6. The Hall–Kier alpha value is -5.05. The summed E-state index contributed by atoms with van der Waals surface area (Å²) in [4.78, 5) is 25.2. The van der Waals surface area contributed by atoms with Gasteiger partial charge in [-0.15, -0.1) is 0 Å². The second-order valence-electron chi connectivity index (χ2n) is 17.6. The molecule has 1 unspecified atom stereocenters. The molecule has 2 aliphatic carbocycles. The summed E-state index contributed by atoms with van der Waals surface area (Å²) >= 11 is 18.3. The second kappa shape index (κ2) is 21.7. The number of Topliss-reactive ketones (excluding diaryl/α,β-unsaturated/α-hetero) is 2. The Morgan fingerprint density at radius 2 is 1.14 bits per heavy atom. The Morgan fingerprint density at radius 1 is 0.621 bits per heavy atom. The van der Waals surface area contributed by atoms with Crippen LogP contribution < -0.4 is 0 Å². The van der Waals surface area contributed by atoms with Gasteiger partial charge in [0.1, 0.15) is 11.6 Å². The fraction of sp³-hybridized carbons (Fsp3) is 0.373. The number of carbonyl (C=O) groups is 2. The minimum absolute atomic E-state index is 0.0377. The van der Waals surface area contributed by atoms with Crippen molar-refractivity contribution in [3.8, 4) is 45.6 Å². The first kappa shape index (κ1) is 51.9. The molecule has 0 saturated heterocycles. The summed E-state index contributed by atoms with van der Waals surface area (Å²) in [5.41, 5.74) is 1.02. The monoisotopic (exact) mass is 966 g/mol. The highest BCUT2D eigenvalue weighted by molar-refractivity contribution is 6.39. The number of ketones is 2. The van der Waals surface area contributed by atoms with Gasteiger partial charge in [0.2, 0.25) is 0 Å². The topological polar surface area (TPSA) is 236 Å². The van der Waals surface area contributed by atoms with Gasteiger partial charge >= 0.3 is 0 Å². The van der Waals surface area contributed by atoms with Gasteiger partial charge in [0, 0.05) is 68.9 Å². The average molecular weight is 968 g/mol. The summed E-state index contributed by atoms with van der Waals surface area (Å²) in [5, 5.41) is 101. The van der Waals surface area contributed by atoms with Gasteiger partial charge in [-0.05, 0) is 105 Å². The lowest BCUT2D eigenvalue weighted by Crippen LogP contribution is -2.47. The lowest BCUT2D eigenvalue weighted by Gasteiger charge is -2.44. The van der Waals surface area contributed by atoms with E-state index in [9.17, 15) is 60.7 Å². The molecule has 10 N–H and O–H groups in total. The first-order valence-corrected chi connectivity index (χ1v) is 22.6. The molecule has 5 aromatic carbocycles. The van der Waals surface area contributed by atoms with Crippen LogP contribution in [0.1, 0.15) is 73.3 Å². The molecule has 0 aromatic heterocycles. The number of halogens is 3. The van der Waals surface area contributed by atoms with Crippen molar-refractivity contribution in [1.29, 1.82) is 0 Å². The van der Waals surface area contributed by atoms with Crippen LogP contribution in [0.25, 0.3) is 11.1 Å². The number of aliphatic hydroxyl groups excluding tert-OH is 4. The number of para-hydroxylation sites is 1. The Bertz CT molecular complexity index is 2520. The molecule has 7 rings (SSSR count). The number of phenolic OH excluding ortho intramolecular Hbond substituents is 6. The lowest BCUT2D eigenvalue weighted by molar-refractivity contribution is -0.138. The van der Waals surface area contributed by atoms with E-state index in [1.807, 2.05) is 25.1 Å². The third kappa shape index (κ3) is 10.4. The summed E-state index contributed by atoms with van der Waals surface area (Å²) in [7, 11) is 0. The molecule has 2 fully saturated rings. The predicted molar refractivity (Wildman–Crippen MR) is 254 cm³/mol. The van der Waals surface area contributed by atoms with Gasteiger partial charge in [-0.25, -0.2) is 0 Å². The van der Waals surface area contributed by atoms with E-state index < -0.39 is 35.4 Å². The van der Waals surface area contributed by atoms with Crippen molar-refractivity contribution in [1.82, 2.24) is 0 Å². The minimum atomic E-state index is -1.28. The third-order valence-corrected chi connectivity index (χ3v) is 14.6. The summed E-state index contributed by atoms with van der Waals surface area (Å²) in [5.74, 6) is -2.04. The highest BCUT2D eigenvalue weighted by Gasteiger charge is 2.55. The number of hydrogen-bond acceptors (Lipinski definition) is 12. The van der Waals surface area contributed by atoms with Crippen molar-refractivity contribution in [3.63, 3.8) is 0 Å². The zero-order valence-corrected chi connectivity index (χ0v) is 39.2. The molecular formula is C51H57Cl3O12. The van der Waals surface area contributed by atoms with E-state index in [1.165, 1.54) is 18.2 Å². The van der Waals surface area contributed by atoms with Gasteiger partial charge in [0.15, 0.2) is 34.5 Å². The van der Waals surface area contributed by atoms with Gasteiger partial charge in [0.05, 0.1) is 29.9 Å². The molecule has 0 bridgehead atoms. The third-order valence-electron chi connectivity index (χ3n) is 13.6. The highest BCUT2D eigenvalue weighted by atomic mass is 35.5. The molecule has 2 saturated carbocycles. The van der Waals surface area contributed by atoms with Crippen LogP contribution >= 0.6 is 34.8 Å². The van der Waals surface area contributed by atoms with E-state index in [-0.39, 0.29) is 83.6 Å². The average Bonchev–Trinajstić information content (AvgIpc) is 3.60. The van der Waals surface area contributed by atoms with E-state index in [2.05, 4.69) is 0 Å². The van der Waals surface area contributed by atoms with Gasteiger partial charge in [-0.3, -0.25) is 9.59 Å². The number of aliphatic hydroxyl groups is 4. The fourth-order valence-corrected chi connectivity index (χ4v) is 10.7. The van der Waals surface area contributed by atoms with Gasteiger partial charge in [0.25, 0.3) is 0 Å². The first-order chi connectivity index (χ1) is 31.3. The smallest absolute Gasteiger partial charge is 0.165 e. The Kier molecular flexibility index (Phi) is 17.1. The van der Waals surface area contributed by atoms with E-state index >= 15 is 0 Å². The SMILES string of the molecule is Cc1ccc(O)c(O)c1C(CO)(CCO)Cc1ccccc1Cl.Cc1ccc(O)c(O)c1C(CO)(CO)C[C@@H]1C(=O)CC[C@]2(C)C(=O)CC[C@@H]12.Oc1cccc(-c2c(Cl)cccc2Cl)c1O. The zero-order chi connectivity index (χ0) is 48.7. The molecule has 0 spiro atoms. The molecule has 0 heterocycles. The normalized spacial score (nSPS) is 18.9. The molecule has 0 amide bonds. The summed E-state index contributed by atoms with van der Waals surface area (Å²) in [6, 6.07) is 23.0. The first-order valence-electron chi connectivity index (χ1n) is 21.5. The number of benzene rings is 5. The second-order valence-corrected chi connectivity index (χ2v) is 18.8. The van der Waals surface area contributed by atoms with E-state index in [0.717, 1.165) is 11.1 Å². The molecular weight excluding hydrogens is 911 g/mol. The quantitative estimate of drug-likeness (QED) is 0.0528. The van der Waals surface area contributed by atoms with Crippen LogP contribution in [0, 0.1) is 31.1 Å². The molecule has 5 aromatic rings. The largest absolute Gasteiger partial charge is 0.504 e. The molecule has 2 aliphatic rings. The van der Waals surface area contributed by atoms with Crippen molar-refractivity contribution in [3.05, 3.63) is 128 Å². The standard InChI is InChI=1S/C21H28O6.C18H21ClO4.C12H8Cl2O2/c1-12-3-5-16(25)19(27)18(12)21(10-22,11-23)9-13-14-4-6-17(26)20(14,2)8-7-15(13)24;1-12-6-7-15(22)17(23)16(12)18(11-21,8-9-20)10-13-4-2-3-5-14(13)19;13-8-4-2-5-9(14)11(8)7-3-1-6-10(15)12(7)16/h3,5,13-14,22-23,25,27H,4,6-11H2,1-2H3;2-7,20-23H,8-11H2,1H3;1-6,15-16H/t13-,14-,20-;;/m0../s1. The number of aryl methyl sites for hydroxylation is 2. The van der Waals surface area contributed by atoms with Crippen LogP contribution in [-0.2, 0) is 26.8 Å². The van der Waals surface area contributed by atoms with Crippen LogP contribution in [0.4, 0.5) is 0 Å². The van der Waals surface area contributed by atoms with Crippen molar-refractivity contribution in [2.45, 2.75) is 76.5 Å². The lowest BCUT2D eigenvalue weighted by atomic mass is 9.59. The molecule has 66 heavy (non-hydrogen) atoms. The maximum Gasteiger partial charge on any atom is 0.165 e. The van der Waals surface area contributed by atoms with Crippen molar-refractivity contribution in [2.24, 2.45) is 17.3 Å². The molecule has 0 radical (unpaired) electrons. The van der Waals surface area contributed by atoms with Gasteiger partial charge < -0.3 is 51.1 Å².